The number of fused-ring (bicyclic) bond motifs is 1. The summed E-state index contributed by atoms with van der Waals surface area (Å²) in [6, 6.07) is 15.9. The number of aromatic nitrogens is 1. The summed E-state index contributed by atoms with van der Waals surface area (Å²) < 4.78 is 9.58. The molecular weight excluding hydrogens is 456 g/mol. The molecule has 7 heteroatoms. The van der Waals surface area contributed by atoms with Crippen LogP contribution in [0.2, 0.25) is 0 Å². The number of hydrogen-bond acceptors (Lipinski definition) is 4. The van der Waals surface area contributed by atoms with Gasteiger partial charge in [-0.2, -0.15) is 0 Å². The number of thioether (sulfide) groups is 1. The third-order valence-electron chi connectivity index (χ3n) is 4.49. The van der Waals surface area contributed by atoms with E-state index in [-0.39, 0.29) is 5.91 Å². The second-order valence-corrected chi connectivity index (χ2v) is 8.93. The number of hydrogen-bond donors (Lipinski definition) is 0. The van der Waals surface area contributed by atoms with Crippen molar-refractivity contribution in [1.82, 2.24) is 9.47 Å². The molecule has 1 saturated heterocycles. The number of carbonyl (C=O) groups excluding carboxylic acids is 1. The van der Waals surface area contributed by atoms with Gasteiger partial charge in [-0.1, -0.05) is 58.1 Å². The highest BCUT2D eigenvalue weighted by atomic mass is 79.9. The number of nitrogens with zero attached hydrogens (tertiary/aromatic N) is 2. The standard InChI is InChI=1S/C21H17BrN2O2S2/c1-23-20(25)19(28-21(23)27)11-14-13-24(18-8-7-15(22)12-17(14)18)9-10-26-16-5-3-2-4-6-16/h2-8,11-13H,9-10H2,1H3/b19-11-. The fourth-order valence-corrected chi connectivity index (χ4v) is 4.59. The second-order valence-electron chi connectivity index (χ2n) is 6.34. The van der Waals surface area contributed by atoms with E-state index in [1.165, 1.54) is 16.7 Å². The van der Waals surface area contributed by atoms with Crippen molar-refractivity contribution in [2.45, 2.75) is 6.54 Å². The Morgan fingerprint density at radius 3 is 2.71 bits per heavy atom. The predicted octanol–water partition coefficient (Wildman–Crippen LogP) is 5.31. The number of halogens is 1. The minimum atomic E-state index is -0.0571. The Hall–Kier alpha value is -2.09. The number of amides is 1. The van der Waals surface area contributed by atoms with Crippen LogP contribution in [0.1, 0.15) is 5.56 Å². The quantitative estimate of drug-likeness (QED) is 0.372. The van der Waals surface area contributed by atoms with Gasteiger partial charge in [0.15, 0.2) is 0 Å². The zero-order chi connectivity index (χ0) is 19.7. The minimum absolute atomic E-state index is 0.0571. The predicted molar refractivity (Wildman–Crippen MR) is 123 cm³/mol. The van der Waals surface area contributed by atoms with E-state index in [0.717, 1.165) is 26.7 Å². The topological polar surface area (TPSA) is 34.5 Å². The van der Waals surface area contributed by atoms with E-state index in [2.05, 4.69) is 38.8 Å². The van der Waals surface area contributed by atoms with Gasteiger partial charge in [0.25, 0.3) is 5.91 Å². The van der Waals surface area contributed by atoms with Gasteiger partial charge in [-0.15, -0.1) is 0 Å². The molecule has 1 aromatic heterocycles. The van der Waals surface area contributed by atoms with Gasteiger partial charge in [0.05, 0.1) is 11.4 Å². The monoisotopic (exact) mass is 472 g/mol. The van der Waals surface area contributed by atoms with Gasteiger partial charge >= 0.3 is 0 Å². The van der Waals surface area contributed by atoms with Gasteiger partial charge in [-0.3, -0.25) is 9.69 Å². The molecule has 0 saturated carbocycles. The Bertz CT molecular complexity index is 1090. The molecule has 0 spiro atoms. The molecule has 1 aliphatic heterocycles. The van der Waals surface area contributed by atoms with E-state index in [1.54, 1.807) is 7.05 Å². The molecule has 4 nitrogen and oxygen atoms in total. The number of benzene rings is 2. The molecule has 1 aliphatic rings. The lowest BCUT2D eigenvalue weighted by atomic mass is 10.1. The van der Waals surface area contributed by atoms with Crippen molar-refractivity contribution in [2.24, 2.45) is 0 Å². The Morgan fingerprint density at radius 1 is 1.21 bits per heavy atom. The van der Waals surface area contributed by atoms with Crippen molar-refractivity contribution in [2.75, 3.05) is 13.7 Å². The second kappa shape index (κ2) is 8.11. The first-order chi connectivity index (χ1) is 13.5. The highest BCUT2D eigenvalue weighted by molar-refractivity contribution is 9.10. The third kappa shape index (κ3) is 3.87. The summed E-state index contributed by atoms with van der Waals surface area (Å²) in [5.41, 5.74) is 2.09. The molecule has 0 N–H and O–H groups in total. The Kier molecular flexibility index (Phi) is 5.57. The van der Waals surface area contributed by atoms with Crippen molar-refractivity contribution in [3.8, 4) is 5.75 Å². The molecule has 3 aromatic rings. The van der Waals surface area contributed by atoms with Gasteiger partial charge in [-0.25, -0.2) is 0 Å². The fraction of sp³-hybridized carbons (Fsp3) is 0.143. The summed E-state index contributed by atoms with van der Waals surface area (Å²) in [5, 5.41) is 1.08. The molecule has 0 radical (unpaired) electrons. The lowest BCUT2D eigenvalue weighted by Crippen LogP contribution is -2.22. The summed E-state index contributed by atoms with van der Waals surface area (Å²) in [6.07, 6.45) is 3.99. The van der Waals surface area contributed by atoms with E-state index in [0.29, 0.717) is 22.4 Å². The first-order valence-corrected chi connectivity index (χ1v) is 10.7. The first-order valence-electron chi connectivity index (χ1n) is 8.71. The normalized spacial score (nSPS) is 15.8. The Labute approximate surface area is 181 Å². The molecule has 2 heterocycles. The number of para-hydroxylation sites is 1. The van der Waals surface area contributed by atoms with Crippen molar-refractivity contribution in [3.63, 3.8) is 0 Å². The fourth-order valence-electron chi connectivity index (χ4n) is 3.06. The van der Waals surface area contributed by atoms with E-state index in [1.807, 2.05) is 42.5 Å². The third-order valence-corrected chi connectivity index (χ3v) is 6.47. The summed E-state index contributed by atoms with van der Waals surface area (Å²) in [4.78, 5) is 14.5. The molecule has 0 aliphatic carbocycles. The summed E-state index contributed by atoms with van der Waals surface area (Å²) in [5.74, 6) is 0.798. The van der Waals surface area contributed by atoms with Crippen LogP contribution in [-0.2, 0) is 11.3 Å². The average Bonchev–Trinajstić information content (AvgIpc) is 3.15. The molecule has 0 bridgehead atoms. The molecule has 1 fully saturated rings. The maximum absolute atomic E-state index is 12.4. The number of carbonyl (C=O) groups is 1. The zero-order valence-electron chi connectivity index (χ0n) is 15.1. The zero-order valence-corrected chi connectivity index (χ0v) is 18.3. The molecular formula is C21H17BrN2O2S2. The van der Waals surface area contributed by atoms with E-state index in [4.69, 9.17) is 17.0 Å². The average molecular weight is 473 g/mol. The maximum atomic E-state index is 12.4. The maximum Gasteiger partial charge on any atom is 0.265 e. The smallest absolute Gasteiger partial charge is 0.265 e. The molecule has 1 amide bonds. The summed E-state index contributed by atoms with van der Waals surface area (Å²) >= 11 is 10.1. The lowest BCUT2D eigenvalue weighted by Gasteiger charge is -2.08. The number of likely N-dealkylation sites (N-methyl/N-ethyl adjacent to an activating group) is 1. The molecule has 0 unspecified atom stereocenters. The van der Waals surface area contributed by atoms with Crippen LogP contribution in [0.5, 0.6) is 5.75 Å². The molecule has 142 valence electrons. The Balaban J connectivity index is 1.63. The van der Waals surface area contributed by atoms with Gasteiger partial charge in [0, 0.05) is 34.2 Å². The van der Waals surface area contributed by atoms with Crippen molar-refractivity contribution in [3.05, 3.63) is 69.7 Å². The van der Waals surface area contributed by atoms with Crippen LogP contribution in [0.25, 0.3) is 17.0 Å². The molecule has 2 aromatic carbocycles. The van der Waals surface area contributed by atoms with Crippen LogP contribution < -0.4 is 4.74 Å². The van der Waals surface area contributed by atoms with Crippen LogP contribution in [-0.4, -0.2) is 33.3 Å². The van der Waals surface area contributed by atoms with Crippen LogP contribution in [0, 0.1) is 0 Å². The van der Waals surface area contributed by atoms with Gasteiger partial charge in [0.2, 0.25) is 0 Å². The van der Waals surface area contributed by atoms with Gasteiger partial charge < -0.3 is 9.30 Å². The van der Waals surface area contributed by atoms with Crippen LogP contribution in [0.4, 0.5) is 0 Å². The van der Waals surface area contributed by atoms with Crippen molar-refractivity contribution < 1.29 is 9.53 Å². The SMILES string of the molecule is CN1C(=O)/C(=C/c2cn(CCOc3ccccc3)c3ccc(Br)cc23)SC1=S. The van der Waals surface area contributed by atoms with Crippen molar-refractivity contribution in [1.29, 1.82) is 0 Å². The first kappa shape index (κ1) is 19.2. The molecule has 28 heavy (non-hydrogen) atoms. The van der Waals surface area contributed by atoms with E-state index in [9.17, 15) is 4.79 Å². The Morgan fingerprint density at radius 2 is 2.00 bits per heavy atom. The molecule has 0 atom stereocenters. The highest BCUT2D eigenvalue weighted by Gasteiger charge is 2.29. The number of rotatable bonds is 5. The van der Waals surface area contributed by atoms with E-state index < -0.39 is 0 Å². The number of ether oxygens (including phenoxy) is 1. The van der Waals surface area contributed by atoms with E-state index >= 15 is 0 Å². The van der Waals surface area contributed by atoms with Crippen LogP contribution >= 0.6 is 39.9 Å². The van der Waals surface area contributed by atoms with Crippen molar-refractivity contribution >= 4 is 67.1 Å². The largest absolute Gasteiger partial charge is 0.492 e. The van der Waals surface area contributed by atoms with Crippen LogP contribution in [0.3, 0.4) is 0 Å². The van der Waals surface area contributed by atoms with Crippen LogP contribution in [0.15, 0.2) is 64.1 Å². The lowest BCUT2D eigenvalue weighted by molar-refractivity contribution is -0.121. The molecule has 4 rings (SSSR count). The minimum Gasteiger partial charge on any atom is -0.492 e. The van der Waals surface area contributed by atoms with Gasteiger partial charge in [-0.05, 0) is 36.4 Å². The highest BCUT2D eigenvalue weighted by Crippen LogP contribution is 2.34. The summed E-state index contributed by atoms with van der Waals surface area (Å²) in [6.45, 7) is 1.26. The van der Waals surface area contributed by atoms with Gasteiger partial charge in [0.1, 0.15) is 16.7 Å². The summed E-state index contributed by atoms with van der Waals surface area (Å²) in [7, 11) is 1.71. The number of thiocarbonyl (C=S) groups is 1.